The number of hydrogen-bond acceptors (Lipinski definition) is 1. The van der Waals surface area contributed by atoms with Crippen LogP contribution in [0.1, 0.15) is 41.3 Å². The summed E-state index contributed by atoms with van der Waals surface area (Å²) in [5.74, 6) is 0.197. The van der Waals surface area contributed by atoms with Crippen LogP contribution in [0.15, 0.2) is 18.2 Å². The van der Waals surface area contributed by atoms with Crippen molar-refractivity contribution in [3.8, 4) is 0 Å². The Morgan fingerprint density at radius 2 is 2.00 bits per heavy atom. The van der Waals surface area contributed by atoms with Gasteiger partial charge in [-0.1, -0.05) is 13.0 Å². The van der Waals surface area contributed by atoms with Gasteiger partial charge in [0.25, 0.3) is 0 Å². The van der Waals surface area contributed by atoms with E-state index in [1.807, 2.05) is 6.92 Å². The number of halogens is 3. The number of carbonyl (C=O) groups is 1. The number of fused-ring (bicyclic) bond motifs is 1. The van der Waals surface area contributed by atoms with Crippen LogP contribution in [0.5, 0.6) is 0 Å². The molecular formula is C13H13F3O. The number of rotatable bonds is 0. The minimum atomic E-state index is -4.34. The van der Waals surface area contributed by atoms with Gasteiger partial charge in [-0.05, 0) is 36.5 Å². The van der Waals surface area contributed by atoms with Gasteiger partial charge < -0.3 is 0 Å². The van der Waals surface area contributed by atoms with Crippen molar-refractivity contribution < 1.29 is 18.0 Å². The SMILES string of the molecule is CC1CCc2cc(C(F)(F)F)ccc2C(=O)C1. The lowest BCUT2D eigenvalue weighted by Gasteiger charge is -2.10. The van der Waals surface area contributed by atoms with E-state index in [2.05, 4.69) is 0 Å². The Balaban J connectivity index is 2.43. The Kier molecular flexibility index (Phi) is 2.98. The number of aryl methyl sites for hydroxylation is 1. The number of alkyl halides is 3. The third kappa shape index (κ3) is 2.51. The van der Waals surface area contributed by atoms with Crippen LogP contribution < -0.4 is 0 Å². The quantitative estimate of drug-likeness (QED) is 0.631. The fraction of sp³-hybridized carbons (Fsp3) is 0.462. The summed E-state index contributed by atoms with van der Waals surface area (Å²) in [7, 11) is 0. The molecule has 0 spiro atoms. The van der Waals surface area contributed by atoms with E-state index in [0.717, 1.165) is 18.6 Å². The van der Waals surface area contributed by atoms with Crippen LogP contribution >= 0.6 is 0 Å². The molecule has 0 bridgehead atoms. The van der Waals surface area contributed by atoms with Gasteiger partial charge in [-0.15, -0.1) is 0 Å². The summed E-state index contributed by atoms with van der Waals surface area (Å²) in [5.41, 5.74) is 0.329. The van der Waals surface area contributed by atoms with Gasteiger partial charge in [-0.2, -0.15) is 13.2 Å². The van der Waals surface area contributed by atoms with E-state index in [9.17, 15) is 18.0 Å². The van der Waals surface area contributed by atoms with Crippen molar-refractivity contribution in [2.75, 3.05) is 0 Å². The fourth-order valence-corrected chi connectivity index (χ4v) is 2.18. The molecule has 1 atom stereocenters. The zero-order valence-corrected chi connectivity index (χ0v) is 9.47. The first-order chi connectivity index (χ1) is 7.88. The Bertz CT molecular complexity index is 448. The monoisotopic (exact) mass is 242 g/mol. The molecule has 0 amide bonds. The molecule has 0 fully saturated rings. The second-order valence-corrected chi connectivity index (χ2v) is 4.64. The number of hydrogen-bond donors (Lipinski definition) is 0. The maximum atomic E-state index is 12.5. The Hall–Kier alpha value is -1.32. The maximum absolute atomic E-state index is 12.5. The molecule has 1 aliphatic carbocycles. The molecule has 1 unspecified atom stereocenters. The number of ketones is 1. The predicted octanol–water partition coefficient (Wildman–Crippen LogP) is 3.86. The molecule has 17 heavy (non-hydrogen) atoms. The van der Waals surface area contributed by atoms with Gasteiger partial charge in [0.05, 0.1) is 5.56 Å². The lowest BCUT2D eigenvalue weighted by molar-refractivity contribution is -0.137. The summed E-state index contributed by atoms with van der Waals surface area (Å²) in [4.78, 5) is 11.8. The first-order valence-corrected chi connectivity index (χ1v) is 5.61. The summed E-state index contributed by atoms with van der Waals surface area (Å²) in [6.07, 6.45) is -2.60. The van der Waals surface area contributed by atoms with Crippen molar-refractivity contribution in [2.45, 2.75) is 32.4 Å². The molecule has 0 N–H and O–H groups in total. The van der Waals surface area contributed by atoms with Crippen molar-refractivity contribution in [3.05, 3.63) is 34.9 Å². The van der Waals surface area contributed by atoms with Crippen LogP contribution in [-0.4, -0.2) is 5.78 Å². The molecule has 2 rings (SSSR count). The van der Waals surface area contributed by atoms with E-state index in [4.69, 9.17) is 0 Å². The van der Waals surface area contributed by atoms with Crippen LogP contribution in [0.2, 0.25) is 0 Å². The number of Topliss-reactive ketones (excluding diaryl/α,β-unsaturated/α-hetero) is 1. The van der Waals surface area contributed by atoms with Crippen molar-refractivity contribution >= 4 is 5.78 Å². The van der Waals surface area contributed by atoms with Gasteiger partial charge in [-0.3, -0.25) is 4.79 Å². The van der Waals surface area contributed by atoms with E-state index in [1.165, 1.54) is 6.07 Å². The van der Waals surface area contributed by atoms with Crippen molar-refractivity contribution in [2.24, 2.45) is 5.92 Å². The first kappa shape index (κ1) is 12.1. The standard InChI is InChI=1S/C13H13F3O/c1-8-2-3-9-7-10(13(14,15)16)4-5-11(9)12(17)6-8/h4-5,7-8H,2-3,6H2,1H3. The first-order valence-electron chi connectivity index (χ1n) is 5.61. The van der Waals surface area contributed by atoms with Crippen molar-refractivity contribution in [1.29, 1.82) is 0 Å². The summed E-state index contributed by atoms with van der Waals surface area (Å²) < 4.78 is 37.6. The van der Waals surface area contributed by atoms with E-state index in [1.54, 1.807) is 0 Å². The normalized spacial score (nSPS) is 20.9. The van der Waals surface area contributed by atoms with Crippen LogP contribution in [0.3, 0.4) is 0 Å². The molecule has 0 aromatic heterocycles. The van der Waals surface area contributed by atoms with Gasteiger partial charge in [0.2, 0.25) is 0 Å². The van der Waals surface area contributed by atoms with Gasteiger partial charge in [-0.25, -0.2) is 0 Å². The molecule has 92 valence electrons. The minimum Gasteiger partial charge on any atom is -0.294 e. The van der Waals surface area contributed by atoms with E-state index < -0.39 is 11.7 Å². The fourth-order valence-electron chi connectivity index (χ4n) is 2.18. The Morgan fingerprint density at radius 1 is 1.29 bits per heavy atom. The molecule has 1 nitrogen and oxygen atoms in total. The van der Waals surface area contributed by atoms with E-state index in [0.29, 0.717) is 24.0 Å². The molecule has 1 aliphatic rings. The number of benzene rings is 1. The van der Waals surface area contributed by atoms with Crippen molar-refractivity contribution in [1.82, 2.24) is 0 Å². The van der Waals surface area contributed by atoms with Gasteiger partial charge in [0.1, 0.15) is 0 Å². The Morgan fingerprint density at radius 3 is 2.65 bits per heavy atom. The van der Waals surface area contributed by atoms with Crippen molar-refractivity contribution in [3.63, 3.8) is 0 Å². The third-order valence-electron chi connectivity index (χ3n) is 3.17. The average Bonchev–Trinajstić information content (AvgIpc) is 2.37. The predicted molar refractivity (Wildman–Crippen MR) is 57.9 cm³/mol. The molecule has 0 saturated carbocycles. The van der Waals surface area contributed by atoms with Crippen LogP contribution in [0, 0.1) is 5.92 Å². The smallest absolute Gasteiger partial charge is 0.294 e. The lowest BCUT2D eigenvalue weighted by atomic mass is 9.99. The number of carbonyl (C=O) groups excluding carboxylic acids is 1. The van der Waals surface area contributed by atoms with Crippen LogP contribution in [0.4, 0.5) is 13.2 Å². The molecule has 0 aliphatic heterocycles. The molecule has 0 radical (unpaired) electrons. The second kappa shape index (κ2) is 4.17. The lowest BCUT2D eigenvalue weighted by Crippen LogP contribution is -2.08. The van der Waals surface area contributed by atoms with Gasteiger partial charge in [0.15, 0.2) is 5.78 Å². The molecular weight excluding hydrogens is 229 g/mol. The van der Waals surface area contributed by atoms with Gasteiger partial charge in [0, 0.05) is 12.0 Å². The molecule has 0 heterocycles. The van der Waals surface area contributed by atoms with Gasteiger partial charge >= 0.3 is 6.18 Å². The molecule has 4 heteroatoms. The summed E-state index contributed by atoms with van der Waals surface area (Å²) in [6.45, 7) is 1.95. The highest BCUT2D eigenvalue weighted by Gasteiger charge is 2.32. The zero-order chi connectivity index (χ0) is 12.6. The Labute approximate surface area is 97.6 Å². The topological polar surface area (TPSA) is 17.1 Å². The largest absolute Gasteiger partial charge is 0.416 e. The highest BCUT2D eigenvalue weighted by Crippen LogP contribution is 2.33. The highest BCUT2D eigenvalue weighted by molar-refractivity contribution is 5.98. The van der Waals surface area contributed by atoms with E-state index in [-0.39, 0.29) is 11.7 Å². The highest BCUT2D eigenvalue weighted by atomic mass is 19.4. The third-order valence-corrected chi connectivity index (χ3v) is 3.17. The molecule has 0 saturated heterocycles. The van der Waals surface area contributed by atoms with Crippen LogP contribution in [0.25, 0.3) is 0 Å². The maximum Gasteiger partial charge on any atom is 0.416 e. The average molecular weight is 242 g/mol. The van der Waals surface area contributed by atoms with Crippen LogP contribution in [-0.2, 0) is 12.6 Å². The summed E-state index contributed by atoms with van der Waals surface area (Å²) in [5, 5.41) is 0. The summed E-state index contributed by atoms with van der Waals surface area (Å²) in [6, 6.07) is 3.43. The molecule has 1 aromatic carbocycles. The second-order valence-electron chi connectivity index (χ2n) is 4.64. The molecule has 1 aromatic rings. The zero-order valence-electron chi connectivity index (χ0n) is 9.47. The summed E-state index contributed by atoms with van der Waals surface area (Å²) >= 11 is 0. The minimum absolute atomic E-state index is 0.0428. The van der Waals surface area contributed by atoms with E-state index >= 15 is 0 Å².